The topological polar surface area (TPSA) is 15.3 Å². The van der Waals surface area contributed by atoms with Gasteiger partial charge >= 0.3 is 0 Å². The maximum absolute atomic E-state index is 6.46. The Labute approximate surface area is 132 Å². The van der Waals surface area contributed by atoms with Crippen LogP contribution < -0.4 is 10.2 Å². The van der Waals surface area contributed by atoms with Crippen LogP contribution in [0.4, 0.5) is 11.4 Å². The number of nitrogens with one attached hydrogen (secondary N) is 1. The Bertz CT molecular complexity index is 593. The molecule has 0 saturated heterocycles. The Balaban J connectivity index is 2.27. The van der Waals surface area contributed by atoms with E-state index in [-0.39, 0.29) is 0 Å². The number of rotatable bonds is 5. The summed E-state index contributed by atoms with van der Waals surface area (Å²) in [5, 5.41) is 4.00. The molecule has 21 heavy (non-hydrogen) atoms. The van der Waals surface area contributed by atoms with Crippen LogP contribution >= 0.6 is 11.6 Å². The fourth-order valence-corrected chi connectivity index (χ4v) is 2.64. The fourth-order valence-electron chi connectivity index (χ4n) is 2.33. The highest BCUT2D eigenvalue weighted by molar-refractivity contribution is 6.33. The van der Waals surface area contributed by atoms with Gasteiger partial charge in [0.1, 0.15) is 0 Å². The van der Waals surface area contributed by atoms with Crippen LogP contribution in [0, 0.1) is 0 Å². The van der Waals surface area contributed by atoms with Crippen molar-refractivity contribution in [2.75, 3.05) is 19.0 Å². The molecule has 3 heteroatoms. The molecule has 0 heterocycles. The molecule has 0 aliphatic heterocycles. The molecular weight excluding hydrogens is 280 g/mol. The molecular formula is C18H23ClN2. The summed E-state index contributed by atoms with van der Waals surface area (Å²) in [6.07, 6.45) is 1.06. The van der Waals surface area contributed by atoms with Crippen LogP contribution in [-0.2, 0) is 6.42 Å². The van der Waals surface area contributed by atoms with E-state index in [9.17, 15) is 0 Å². The molecule has 2 nitrogen and oxygen atoms in total. The van der Waals surface area contributed by atoms with E-state index in [1.54, 1.807) is 0 Å². The Morgan fingerprint density at radius 2 is 1.81 bits per heavy atom. The summed E-state index contributed by atoms with van der Waals surface area (Å²) in [5.74, 6) is 0. The smallest absolute Gasteiger partial charge is 0.0646 e. The molecule has 0 saturated carbocycles. The van der Waals surface area contributed by atoms with Crippen LogP contribution in [0.2, 0.25) is 5.02 Å². The lowest BCUT2D eigenvalue weighted by Crippen LogP contribution is -2.13. The monoisotopic (exact) mass is 302 g/mol. The molecule has 0 radical (unpaired) electrons. The molecule has 1 atom stereocenters. The summed E-state index contributed by atoms with van der Waals surface area (Å²) < 4.78 is 0. The first-order chi connectivity index (χ1) is 10.1. The number of benzene rings is 2. The quantitative estimate of drug-likeness (QED) is 0.840. The molecule has 0 spiro atoms. The van der Waals surface area contributed by atoms with E-state index in [4.69, 9.17) is 11.6 Å². The number of aryl methyl sites for hydroxylation is 1. The van der Waals surface area contributed by atoms with Gasteiger partial charge in [-0.2, -0.15) is 0 Å². The first kappa shape index (κ1) is 15.9. The highest BCUT2D eigenvalue weighted by atomic mass is 35.5. The number of anilines is 2. The van der Waals surface area contributed by atoms with Gasteiger partial charge in [-0.3, -0.25) is 0 Å². The van der Waals surface area contributed by atoms with Gasteiger partial charge in [-0.15, -0.1) is 0 Å². The molecule has 1 unspecified atom stereocenters. The van der Waals surface area contributed by atoms with Gasteiger partial charge in [-0.25, -0.2) is 0 Å². The molecule has 2 aromatic rings. The highest BCUT2D eigenvalue weighted by Gasteiger charge is 2.11. The number of hydrogen-bond acceptors (Lipinski definition) is 2. The molecule has 0 aromatic heterocycles. The first-order valence-corrected chi connectivity index (χ1v) is 7.74. The average Bonchev–Trinajstić information content (AvgIpc) is 2.53. The zero-order chi connectivity index (χ0) is 15.4. The lowest BCUT2D eigenvalue weighted by Gasteiger charge is -2.22. The van der Waals surface area contributed by atoms with Gasteiger partial charge in [-0.1, -0.05) is 36.7 Å². The van der Waals surface area contributed by atoms with E-state index >= 15 is 0 Å². The Morgan fingerprint density at radius 1 is 1.14 bits per heavy atom. The third kappa shape index (κ3) is 3.58. The molecule has 112 valence electrons. The van der Waals surface area contributed by atoms with Crippen LogP contribution in [-0.4, -0.2) is 14.1 Å². The molecule has 2 rings (SSSR count). The predicted molar refractivity (Wildman–Crippen MR) is 92.8 cm³/mol. The minimum atomic E-state index is 0.297. The van der Waals surface area contributed by atoms with Crippen LogP contribution in [0.15, 0.2) is 42.5 Å². The summed E-state index contributed by atoms with van der Waals surface area (Å²) in [7, 11) is 4.00. The van der Waals surface area contributed by atoms with Crippen LogP contribution in [0.1, 0.15) is 31.0 Å². The summed E-state index contributed by atoms with van der Waals surface area (Å²) in [5.41, 5.74) is 4.70. The Hall–Kier alpha value is -1.51. The molecule has 0 bridgehead atoms. The summed E-state index contributed by atoms with van der Waals surface area (Å²) >= 11 is 6.46. The zero-order valence-corrected chi connectivity index (χ0v) is 13.9. The maximum Gasteiger partial charge on any atom is 0.0646 e. The van der Waals surface area contributed by atoms with Crippen molar-refractivity contribution in [3.05, 3.63) is 58.6 Å². The van der Waals surface area contributed by atoms with Gasteiger partial charge in [0.05, 0.1) is 10.7 Å². The van der Waals surface area contributed by atoms with Gasteiger partial charge in [0.2, 0.25) is 0 Å². The van der Waals surface area contributed by atoms with Crippen molar-refractivity contribution in [2.45, 2.75) is 26.3 Å². The van der Waals surface area contributed by atoms with Crippen molar-refractivity contribution >= 4 is 23.0 Å². The van der Waals surface area contributed by atoms with E-state index in [2.05, 4.69) is 60.5 Å². The van der Waals surface area contributed by atoms with Crippen molar-refractivity contribution in [3.8, 4) is 0 Å². The molecule has 0 amide bonds. The van der Waals surface area contributed by atoms with Crippen molar-refractivity contribution in [1.29, 1.82) is 0 Å². The average molecular weight is 303 g/mol. The second kappa shape index (κ2) is 6.97. The fraction of sp³-hybridized carbons (Fsp3) is 0.333. The number of hydrogen-bond donors (Lipinski definition) is 1. The van der Waals surface area contributed by atoms with Crippen molar-refractivity contribution in [1.82, 2.24) is 5.32 Å². The molecule has 1 N–H and O–H groups in total. The van der Waals surface area contributed by atoms with Crippen LogP contribution in [0.5, 0.6) is 0 Å². The van der Waals surface area contributed by atoms with E-state index in [0.717, 1.165) is 22.8 Å². The Morgan fingerprint density at radius 3 is 2.33 bits per heavy atom. The SMILES string of the molecule is CCc1ccc(N(C)c2ccc(C(C)NC)cc2Cl)cc1. The van der Waals surface area contributed by atoms with Crippen molar-refractivity contribution < 1.29 is 0 Å². The standard InChI is InChI=1S/C18H23ClN2/c1-5-14-6-9-16(10-7-14)21(4)18-11-8-15(12-17(18)19)13(2)20-3/h6-13,20H,5H2,1-4H3. The number of nitrogens with zero attached hydrogens (tertiary/aromatic N) is 1. The summed E-state index contributed by atoms with van der Waals surface area (Å²) in [6.45, 7) is 4.29. The van der Waals surface area contributed by atoms with E-state index < -0.39 is 0 Å². The van der Waals surface area contributed by atoms with Crippen LogP contribution in [0.3, 0.4) is 0 Å². The van der Waals surface area contributed by atoms with Crippen molar-refractivity contribution in [3.63, 3.8) is 0 Å². The normalized spacial score (nSPS) is 12.2. The highest BCUT2D eigenvalue weighted by Crippen LogP contribution is 2.32. The third-order valence-electron chi connectivity index (χ3n) is 4.00. The van der Waals surface area contributed by atoms with Crippen LogP contribution in [0.25, 0.3) is 0 Å². The third-order valence-corrected chi connectivity index (χ3v) is 4.30. The lowest BCUT2D eigenvalue weighted by atomic mass is 10.1. The second-order valence-electron chi connectivity index (χ2n) is 5.30. The predicted octanol–water partition coefficient (Wildman–Crippen LogP) is 4.95. The van der Waals surface area contributed by atoms with Gasteiger partial charge in [0, 0.05) is 18.8 Å². The minimum absolute atomic E-state index is 0.297. The Kier molecular flexibility index (Phi) is 5.27. The van der Waals surface area contributed by atoms with Gasteiger partial charge in [0.15, 0.2) is 0 Å². The van der Waals surface area contributed by atoms with Gasteiger partial charge in [0.25, 0.3) is 0 Å². The maximum atomic E-state index is 6.46. The summed E-state index contributed by atoms with van der Waals surface area (Å²) in [6, 6.07) is 15.1. The number of halogens is 1. The first-order valence-electron chi connectivity index (χ1n) is 7.36. The van der Waals surface area contributed by atoms with Gasteiger partial charge < -0.3 is 10.2 Å². The summed E-state index contributed by atoms with van der Waals surface area (Å²) in [4.78, 5) is 2.12. The molecule has 2 aromatic carbocycles. The lowest BCUT2D eigenvalue weighted by molar-refractivity contribution is 0.652. The zero-order valence-electron chi connectivity index (χ0n) is 13.2. The van der Waals surface area contributed by atoms with E-state index in [1.165, 1.54) is 11.1 Å². The molecule has 0 aliphatic rings. The van der Waals surface area contributed by atoms with E-state index in [1.807, 2.05) is 20.2 Å². The van der Waals surface area contributed by atoms with E-state index in [0.29, 0.717) is 6.04 Å². The van der Waals surface area contributed by atoms with Gasteiger partial charge in [-0.05, 0) is 55.8 Å². The molecule has 0 aliphatic carbocycles. The largest absolute Gasteiger partial charge is 0.343 e. The minimum Gasteiger partial charge on any atom is -0.343 e. The van der Waals surface area contributed by atoms with Crippen molar-refractivity contribution in [2.24, 2.45) is 0 Å². The molecule has 0 fully saturated rings. The second-order valence-corrected chi connectivity index (χ2v) is 5.71.